The molecular weight excluding hydrogens is 436 g/mol. The topological polar surface area (TPSA) is 52.6 Å². The quantitative estimate of drug-likeness (QED) is 0.0720. The molecule has 206 valence electrons. The van der Waals surface area contributed by atoms with Crippen LogP contribution in [-0.4, -0.2) is 25.2 Å². The number of hydrogen-bond acceptors (Lipinski definition) is 4. The Labute approximate surface area is 218 Å². The molecule has 0 aromatic heterocycles. The molecule has 4 heteroatoms. The van der Waals surface area contributed by atoms with Crippen LogP contribution in [0.25, 0.3) is 0 Å². The summed E-state index contributed by atoms with van der Waals surface area (Å²) in [6.45, 7) is 9.65. The molecule has 0 aliphatic heterocycles. The Morgan fingerprint density at radius 2 is 0.686 bits per heavy atom. The van der Waals surface area contributed by atoms with E-state index in [-0.39, 0.29) is 11.9 Å². The molecule has 0 spiro atoms. The van der Waals surface area contributed by atoms with E-state index in [0.717, 1.165) is 70.6 Å². The lowest BCUT2D eigenvalue weighted by atomic mass is 9.96. The summed E-state index contributed by atoms with van der Waals surface area (Å²) >= 11 is 0. The largest absolute Gasteiger partial charge is 0.462 e. The van der Waals surface area contributed by atoms with Crippen molar-refractivity contribution in [3.63, 3.8) is 0 Å². The van der Waals surface area contributed by atoms with Gasteiger partial charge in [-0.2, -0.15) is 0 Å². The van der Waals surface area contributed by atoms with E-state index >= 15 is 0 Å². The molecule has 0 saturated carbocycles. The van der Waals surface area contributed by atoms with E-state index in [1.54, 1.807) is 0 Å². The van der Waals surface area contributed by atoms with Crippen LogP contribution in [0.5, 0.6) is 0 Å². The van der Waals surface area contributed by atoms with Crippen LogP contribution in [0.1, 0.15) is 163 Å². The lowest BCUT2D eigenvalue weighted by Gasteiger charge is -2.15. The average Bonchev–Trinajstić information content (AvgIpc) is 2.86. The lowest BCUT2D eigenvalue weighted by molar-refractivity contribution is -0.142. The van der Waals surface area contributed by atoms with Gasteiger partial charge in [0.1, 0.15) is 0 Å². The Kier molecular flexibility index (Phi) is 24.8. The molecule has 0 aliphatic rings. The Morgan fingerprint density at radius 1 is 0.400 bits per heavy atom. The first-order chi connectivity index (χ1) is 17.1. The van der Waals surface area contributed by atoms with Crippen molar-refractivity contribution < 1.29 is 19.1 Å². The molecule has 0 fully saturated rings. The van der Waals surface area contributed by atoms with Crippen molar-refractivity contribution in [1.82, 2.24) is 0 Å². The average molecular weight is 495 g/mol. The second-order valence-corrected chi connectivity index (χ2v) is 10.0. The van der Waals surface area contributed by atoms with Crippen LogP contribution in [-0.2, 0) is 19.1 Å². The molecule has 0 saturated heterocycles. The maximum atomic E-state index is 13.1. The minimum Gasteiger partial charge on any atom is -0.462 e. The molecule has 0 bridgehead atoms. The van der Waals surface area contributed by atoms with Gasteiger partial charge in [0, 0.05) is 11.1 Å². The van der Waals surface area contributed by atoms with Gasteiger partial charge in [0.2, 0.25) is 0 Å². The minimum absolute atomic E-state index is 0.293. The molecule has 0 unspecified atom stereocenters. The SMILES string of the molecule is CCCCCCCCOC(=O)C(CCCCC)=C(CCCCCC)C(=O)OCCCCCCCC. The molecule has 0 aromatic rings. The summed E-state index contributed by atoms with van der Waals surface area (Å²) in [4.78, 5) is 26.2. The summed E-state index contributed by atoms with van der Waals surface area (Å²) in [5, 5.41) is 0. The molecule has 0 aliphatic carbocycles. The van der Waals surface area contributed by atoms with Crippen molar-refractivity contribution in [2.45, 2.75) is 163 Å². The molecule has 0 amide bonds. The molecule has 35 heavy (non-hydrogen) atoms. The van der Waals surface area contributed by atoms with Gasteiger partial charge in [-0.05, 0) is 38.5 Å². The van der Waals surface area contributed by atoms with E-state index in [0.29, 0.717) is 37.2 Å². The van der Waals surface area contributed by atoms with E-state index in [2.05, 4.69) is 27.7 Å². The standard InChI is InChI=1S/C31H58O4/c1-5-9-13-16-18-22-26-34-30(32)28(24-20-12-8-4)29(25-21-15-11-7-3)31(33)35-27-23-19-17-14-10-6-2/h5-27H2,1-4H3. The number of hydrogen-bond donors (Lipinski definition) is 0. The highest BCUT2D eigenvalue weighted by molar-refractivity contribution is 6.00. The van der Waals surface area contributed by atoms with Crippen molar-refractivity contribution >= 4 is 11.9 Å². The summed E-state index contributed by atoms with van der Waals surface area (Å²) in [5.74, 6) is -0.588. The number of ether oxygens (including phenoxy) is 2. The van der Waals surface area contributed by atoms with Crippen molar-refractivity contribution in [1.29, 1.82) is 0 Å². The first kappa shape index (κ1) is 33.7. The first-order valence-corrected chi connectivity index (χ1v) is 15.2. The van der Waals surface area contributed by atoms with Crippen LogP contribution >= 0.6 is 0 Å². The van der Waals surface area contributed by atoms with Crippen LogP contribution < -0.4 is 0 Å². The monoisotopic (exact) mass is 494 g/mol. The van der Waals surface area contributed by atoms with E-state index in [1.807, 2.05) is 0 Å². The Bertz CT molecular complexity index is 538. The molecule has 0 aromatic carbocycles. The highest BCUT2D eigenvalue weighted by Gasteiger charge is 2.23. The number of esters is 2. The predicted octanol–water partition coefficient (Wildman–Crippen LogP) is 9.64. The summed E-state index contributed by atoms with van der Waals surface area (Å²) in [6, 6.07) is 0. The Hall–Kier alpha value is -1.32. The molecule has 4 nitrogen and oxygen atoms in total. The lowest BCUT2D eigenvalue weighted by Crippen LogP contribution is -2.18. The van der Waals surface area contributed by atoms with Gasteiger partial charge in [-0.3, -0.25) is 0 Å². The number of unbranched alkanes of at least 4 members (excludes halogenated alkanes) is 15. The fourth-order valence-electron chi connectivity index (χ4n) is 4.30. The van der Waals surface area contributed by atoms with Crippen LogP contribution in [0.3, 0.4) is 0 Å². The molecular formula is C31H58O4. The minimum atomic E-state index is -0.295. The molecule has 0 atom stereocenters. The van der Waals surface area contributed by atoms with Crippen molar-refractivity contribution in [3.8, 4) is 0 Å². The maximum Gasteiger partial charge on any atom is 0.334 e. The summed E-state index contributed by atoms with van der Waals surface area (Å²) in [6.07, 6.45) is 22.4. The van der Waals surface area contributed by atoms with Crippen LogP contribution in [0.15, 0.2) is 11.1 Å². The van der Waals surface area contributed by atoms with Gasteiger partial charge in [-0.25, -0.2) is 9.59 Å². The second kappa shape index (κ2) is 25.8. The van der Waals surface area contributed by atoms with Crippen LogP contribution in [0.2, 0.25) is 0 Å². The third-order valence-corrected chi connectivity index (χ3v) is 6.63. The second-order valence-electron chi connectivity index (χ2n) is 10.0. The molecule has 0 radical (unpaired) electrons. The Morgan fingerprint density at radius 3 is 1.09 bits per heavy atom. The van der Waals surface area contributed by atoms with Crippen molar-refractivity contribution in [2.75, 3.05) is 13.2 Å². The smallest absolute Gasteiger partial charge is 0.334 e. The normalized spacial score (nSPS) is 11.9. The summed E-state index contributed by atoms with van der Waals surface area (Å²) in [7, 11) is 0. The third-order valence-electron chi connectivity index (χ3n) is 6.63. The van der Waals surface area contributed by atoms with Gasteiger partial charge in [0.05, 0.1) is 13.2 Å². The van der Waals surface area contributed by atoms with E-state index in [4.69, 9.17) is 9.47 Å². The van der Waals surface area contributed by atoms with E-state index < -0.39 is 0 Å². The third kappa shape index (κ3) is 19.5. The highest BCUT2D eigenvalue weighted by atomic mass is 16.5. The first-order valence-electron chi connectivity index (χ1n) is 15.2. The van der Waals surface area contributed by atoms with Gasteiger partial charge in [0.25, 0.3) is 0 Å². The number of carbonyl (C=O) groups is 2. The maximum absolute atomic E-state index is 13.1. The highest BCUT2D eigenvalue weighted by Crippen LogP contribution is 2.23. The van der Waals surface area contributed by atoms with Gasteiger partial charge < -0.3 is 9.47 Å². The fraction of sp³-hybridized carbons (Fsp3) is 0.871. The number of rotatable bonds is 25. The van der Waals surface area contributed by atoms with Crippen molar-refractivity contribution in [3.05, 3.63) is 11.1 Å². The van der Waals surface area contributed by atoms with Gasteiger partial charge in [0.15, 0.2) is 0 Å². The molecule has 0 heterocycles. The predicted molar refractivity (Wildman–Crippen MR) is 149 cm³/mol. The van der Waals surface area contributed by atoms with E-state index in [9.17, 15) is 9.59 Å². The van der Waals surface area contributed by atoms with Crippen molar-refractivity contribution in [2.24, 2.45) is 0 Å². The zero-order valence-electron chi connectivity index (χ0n) is 23.9. The summed E-state index contributed by atoms with van der Waals surface area (Å²) < 4.78 is 11.4. The van der Waals surface area contributed by atoms with E-state index in [1.165, 1.54) is 51.4 Å². The van der Waals surface area contributed by atoms with Crippen LogP contribution in [0, 0.1) is 0 Å². The van der Waals surface area contributed by atoms with Gasteiger partial charge in [-0.15, -0.1) is 0 Å². The van der Waals surface area contributed by atoms with Gasteiger partial charge >= 0.3 is 11.9 Å². The zero-order valence-corrected chi connectivity index (χ0v) is 23.9. The number of carbonyl (C=O) groups excluding carboxylic acids is 2. The molecule has 0 N–H and O–H groups in total. The fourth-order valence-corrected chi connectivity index (χ4v) is 4.30. The molecule has 0 rings (SSSR count). The zero-order chi connectivity index (χ0) is 26.0. The van der Waals surface area contributed by atoms with Crippen LogP contribution in [0.4, 0.5) is 0 Å². The Balaban J connectivity index is 5.10. The summed E-state index contributed by atoms with van der Waals surface area (Å²) in [5.41, 5.74) is 1.16. The van der Waals surface area contributed by atoms with Gasteiger partial charge in [-0.1, -0.05) is 124 Å².